The second-order valence-electron chi connectivity index (χ2n) is 7.78. The Morgan fingerprint density at radius 1 is 1.21 bits per heavy atom. The third-order valence-corrected chi connectivity index (χ3v) is 6.92. The van der Waals surface area contributed by atoms with Crippen LogP contribution in [0.1, 0.15) is 40.0 Å². The first-order chi connectivity index (χ1) is 11.3. The Morgan fingerprint density at radius 3 is 2.67 bits per heavy atom. The van der Waals surface area contributed by atoms with Crippen LogP contribution in [0.2, 0.25) is 0 Å². The first kappa shape index (κ1) is 15.3. The second-order valence-corrected chi connectivity index (χ2v) is 7.78. The molecule has 6 nitrogen and oxygen atoms in total. The van der Waals surface area contributed by atoms with Crippen molar-refractivity contribution in [2.75, 3.05) is 12.1 Å². The number of oxime groups is 1. The monoisotopic (exact) mass is 330 g/mol. The summed E-state index contributed by atoms with van der Waals surface area (Å²) < 4.78 is 10.7. The maximum atomic E-state index is 13.2. The molecule has 2 bridgehead atoms. The van der Waals surface area contributed by atoms with Gasteiger partial charge in [-0.15, -0.1) is 0 Å². The van der Waals surface area contributed by atoms with Crippen molar-refractivity contribution in [3.05, 3.63) is 18.2 Å². The van der Waals surface area contributed by atoms with Crippen molar-refractivity contribution in [1.29, 1.82) is 0 Å². The van der Waals surface area contributed by atoms with Gasteiger partial charge < -0.3 is 20.0 Å². The van der Waals surface area contributed by atoms with E-state index in [2.05, 4.69) is 31.2 Å². The van der Waals surface area contributed by atoms with Crippen molar-refractivity contribution < 1.29 is 19.5 Å². The van der Waals surface area contributed by atoms with Crippen LogP contribution in [-0.4, -0.2) is 23.6 Å². The largest absolute Gasteiger partial charge is 0.454 e. The van der Waals surface area contributed by atoms with Crippen molar-refractivity contribution in [2.24, 2.45) is 21.4 Å². The van der Waals surface area contributed by atoms with E-state index in [-0.39, 0.29) is 23.5 Å². The van der Waals surface area contributed by atoms with E-state index < -0.39 is 5.41 Å². The number of amides is 1. The number of anilines is 1. The summed E-state index contributed by atoms with van der Waals surface area (Å²) in [4.78, 5) is 13.2. The van der Waals surface area contributed by atoms with Gasteiger partial charge in [-0.05, 0) is 30.4 Å². The van der Waals surface area contributed by atoms with Gasteiger partial charge in [0.15, 0.2) is 11.5 Å². The fourth-order valence-electron chi connectivity index (χ4n) is 4.76. The number of rotatable bonds is 2. The molecule has 1 heterocycles. The number of ether oxygens (including phenoxy) is 2. The van der Waals surface area contributed by atoms with Crippen molar-refractivity contribution in [2.45, 2.75) is 40.0 Å². The molecule has 1 aromatic rings. The molecule has 24 heavy (non-hydrogen) atoms. The minimum atomic E-state index is -0.556. The summed E-state index contributed by atoms with van der Waals surface area (Å²) in [6, 6.07) is 5.40. The van der Waals surface area contributed by atoms with Crippen LogP contribution in [0.5, 0.6) is 11.5 Å². The van der Waals surface area contributed by atoms with Gasteiger partial charge in [0.1, 0.15) is 0 Å². The Hall–Kier alpha value is -2.24. The summed E-state index contributed by atoms with van der Waals surface area (Å²) in [5, 5.41) is 16.0. The van der Waals surface area contributed by atoms with Gasteiger partial charge in [-0.1, -0.05) is 25.9 Å². The molecular formula is C18H22N2O4. The zero-order chi connectivity index (χ0) is 17.2. The van der Waals surface area contributed by atoms with E-state index in [1.54, 1.807) is 12.1 Å². The highest BCUT2D eigenvalue weighted by atomic mass is 16.7. The van der Waals surface area contributed by atoms with Gasteiger partial charge in [-0.2, -0.15) is 0 Å². The lowest BCUT2D eigenvalue weighted by atomic mass is 9.64. The van der Waals surface area contributed by atoms with Gasteiger partial charge in [0.25, 0.3) is 0 Å². The van der Waals surface area contributed by atoms with Crippen molar-refractivity contribution in [3.63, 3.8) is 0 Å². The summed E-state index contributed by atoms with van der Waals surface area (Å²) in [6.07, 6.45) is 2.16. The number of hydrogen-bond acceptors (Lipinski definition) is 5. The number of nitrogens with one attached hydrogen (secondary N) is 1. The van der Waals surface area contributed by atoms with Gasteiger partial charge in [0, 0.05) is 23.6 Å². The standard InChI is InChI=1S/C18H22N2O4/c1-16(2)17(3)6-7-18(16,9-14(17)20-22)15(21)19-11-4-5-12-13(8-11)24-10-23-12/h4-5,8,22H,6-7,9-10H2,1-3H3,(H,19,21)/b20-14+. The number of benzene rings is 1. The third-order valence-electron chi connectivity index (χ3n) is 6.92. The van der Waals surface area contributed by atoms with Crippen molar-refractivity contribution >= 4 is 17.3 Å². The minimum absolute atomic E-state index is 0.0197. The number of fused-ring (bicyclic) bond motifs is 3. The fourth-order valence-corrected chi connectivity index (χ4v) is 4.76. The van der Waals surface area contributed by atoms with E-state index in [4.69, 9.17) is 9.47 Å². The molecule has 0 spiro atoms. The molecule has 128 valence electrons. The Morgan fingerprint density at radius 2 is 1.96 bits per heavy atom. The van der Waals surface area contributed by atoms with Crippen LogP contribution in [-0.2, 0) is 4.79 Å². The molecule has 2 aliphatic carbocycles. The van der Waals surface area contributed by atoms with Gasteiger partial charge in [0.05, 0.1) is 11.1 Å². The van der Waals surface area contributed by atoms with Crippen LogP contribution in [0.4, 0.5) is 5.69 Å². The van der Waals surface area contributed by atoms with E-state index in [1.165, 1.54) is 0 Å². The predicted molar refractivity (Wildman–Crippen MR) is 88.6 cm³/mol. The van der Waals surface area contributed by atoms with Gasteiger partial charge in [-0.3, -0.25) is 4.79 Å². The first-order valence-electron chi connectivity index (χ1n) is 8.27. The Labute approximate surface area is 140 Å². The quantitative estimate of drug-likeness (QED) is 0.643. The van der Waals surface area contributed by atoms with Crippen LogP contribution in [0.25, 0.3) is 0 Å². The third kappa shape index (κ3) is 1.66. The first-order valence-corrected chi connectivity index (χ1v) is 8.27. The molecule has 4 rings (SSSR count). The van der Waals surface area contributed by atoms with Crippen LogP contribution >= 0.6 is 0 Å². The van der Waals surface area contributed by atoms with E-state index in [0.717, 1.165) is 18.6 Å². The topological polar surface area (TPSA) is 80.2 Å². The molecule has 2 fully saturated rings. The second kappa shape index (κ2) is 4.65. The Kier molecular flexibility index (Phi) is 2.96. The highest BCUT2D eigenvalue weighted by Gasteiger charge is 2.71. The van der Waals surface area contributed by atoms with E-state index in [1.807, 2.05) is 6.07 Å². The lowest BCUT2D eigenvalue weighted by molar-refractivity contribution is -0.130. The van der Waals surface area contributed by atoms with E-state index in [0.29, 0.717) is 23.6 Å². The molecule has 6 heteroatoms. The summed E-state index contributed by atoms with van der Waals surface area (Å²) in [7, 11) is 0. The van der Waals surface area contributed by atoms with Crippen LogP contribution in [0.15, 0.2) is 23.4 Å². The molecule has 3 aliphatic rings. The lowest BCUT2D eigenvalue weighted by Crippen LogP contribution is -2.43. The fraction of sp³-hybridized carbons (Fsp3) is 0.556. The maximum Gasteiger partial charge on any atom is 0.231 e. The molecular weight excluding hydrogens is 308 g/mol. The van der Waals surface area contributed by atoms with Gasteiger partial charge in [0.2, 0.25) is 12.7 Å². The SMILES string of the molecule is CC12CCC(C(=O)Nc3ccc4c(c3)OCO4)(C/C1=N\O)C2(C)C. The molecule has 1 aromatic carbocycles. The predicted octanol–water partition coefficient (Wildman–Crippen LogP) is 3.40. The van der Waals surface area contributed by atoms with Crippen LogP contribution in [0.3, 0.4) is 0 Å². The van der Waals surface area contributed by atoms with Crippen molar-refractivity contribution in [3.8, 4) is 11.5 Å². The van der Waals surface area contributed by atoms with Crippen LogP contribution in [0, 0.1) is 16.2 Å². The average molecular weight is 330 g/mol. The number of carbonyl (C=O) groups is 1. The summed E-state index contributed by atoms with van der Waals surface area (Å²) >= 11 is 0. The highest BCUT2D eigenvalue weighted by molar-refractivity contribution is 6.06. The lowest BCUT2D eigenvalue weighted by Gasteiger charge is -2.39. The van der Waals surface area contributed by atoms with Crippen molar-refractivity contribution in [1.82, 2.24) is 0 Å². The number of nitrogens with zero attached hydrogens (tertiary/aromatic N) is 1. The maximum absolute atomic E-state index is 13.2. The summed E-state index contributed by atoms with van der Waals surface area (Å²) in [5.41, 5.74) is 0.354. The normalized spacial score (nSPS) is 33.9. The molecule has 0 saturated heterocycles. The molecule has 2 atom stereocenters. The summed E-state index contributed by atoms with van der Waals surface area (Å²) in [6.45, 7) is 6.53. The smallest absolute Gasteiger partial charge is 0.231 e. The highest BCUT2D eigenvalue weighted by Crippen LogP contribution is 2.71. The van der Waals surface area contributed by atoms with Gasteiger partial charge in [-0.25, -0.2) is 0 Å². The number of hydrogen-bond donors (Lipinski definition) is 2. The zero-order valence-corrected chi connectivity index (χ0v) is 14.2. The van der Waals surface area contributed by atoms with E-state index in [9.17, 15) is 10.0 Å². The number of carbonyl (C=O) groups excluding carboxylic acids is 1. The average Bonchev–Trinajstić information content (AvgIpc) is 3.14. The molecule has 2 N–H and O–H groups in total. The Balaban J connectivity index is 1.65. The van der Waals surface area contributed by atoms with E-state index >= 15 is 0 Å². The van der Waals surface area contributed by atoms with Crippen LogP contribution < -0.4 is 14.8 Å². The molecule has 1 amide bonds. The Bertz CT molecular complexity index is 757. The zero-order valence-electron chi connectivity index (χ0n) is 14.2. The van der Waals surface area contributed by atoms with Gasteiger partial charge >= 0.3 is 0 Å². The molecule has 2 unspecified atom stereocenters. The molecule has 1 aliphatic heterocycles. The molecule has 2 saturated carbocycles. The molecule has 0 aromatic heterocycles. The summed E-state index contributed by atoms with van der Waals surface area (Å²) in [5.74, 6) is 1.31. The molecule has 0 radical (unpaired) electrons. The minimum Gasteiger partial charge on any atom is -0.454 e.